The molecule has 0 radical (unpaired) electrons. The predicted molar refractivity (Wildman–Crippen MR) is 64.4 cm³/mol. The van der Waals surface area contributed by atoms with Gasteiger partial charge in [-0.2, -0.15) is 0 Å². The molecule has 0 unspecified atom stereocenters. The Morgan fingerprint density at radius 1 is 1.12 bits per heavy atom. The van der Waals surface area contributed by atoms with Crippen LogP contribution < -0.4 is 0 Å². The van der Waals surface area contributed by atoms with Crippen LogP contribution in [0.15, 0.2) is 24.3 Å². The van der Waals surface area contributed by atoms with E-state index in [-0.39, 0.29) is 11.9 Å². The van der Waals surface area contributed by atoms with Crippen molar-refractivity contribution < 1.29 is 9.90 Å². The van der Waals surface area contributed by atoms with Gasteiger partial charge in [0.15, 0.2) is 6.23 Å². The Morgan fingerprint density at radius 2 is 1.82 bits per heavy atom. The van der Waals surface area contributed by atoms with Crippen LogP contribution in [0.3, 0.4) is 0 Å². The second kappa shape index (κ2) is 4.15. The number of nitrogens with zero attached hydrogens (tertiary/aromatic N) is 1. The van der Waals surface area contributed by atoms with Gasteiger partial charge in [0.05, 0.1) is 0 Å². The molecule has 1 heterocycles. The van der Waals surface area contributed by atoms with Crippen molar-refractivity contribution in [3.8, 4) is 0 Å². The first-order valence-corrected chi connectivity index (χ1v) is 6.38. The normalized spacial score (nSPS) is 25.1. The Bertz CT molecular complexity index is 438. The molecule has 0 aromatic heterocycles. The molecule has 0 saturated heterocycles. The second-order valence-corrected chi connectivity index (χ2v) is 4.97. The maximum Gasteiger partial charge on any atom is 0.256 e. The lowest BCUT2D eigenvalue weighted by atomic mass is 9.94. The minimum absolute atomic E-state index is 0.000000000000000222. The first kappa shape index (κ1) is 10.8. The van der Waals surface area contributed by atoms with E-state index in [1.165, 1.54) is 6.42 Å². The number of hydrogen-bond donors (Lipinski definition) is 1. The van der Waals surface area contributed by atoms with Gasteiger partial charge in [-0.3, -0.25) is 4.79 Å². The van der Waals surface area contributed by atoms with E-state index in [4.69, 9.17) is 0 Å². The number of amides is 1. The van der Waals surface area contributed by atoms with Gasteiger partial charge in [0.25, 0.3) is 5.91 Å². The highest BCUT2D eigenvalue weighted by atomic mass is 16.3. The van der Waals surface area contributed by atoms with Crippen molar-refractivity contribution >= 4 is 5.91 Å². The number of aliphatic hydroxyl groups excluding tert-OH is 1. The zero-order valence-corrected chi connectivity index (χ0v) is 9.80. The summed E-state index contributed by atoms with van der Waals surface area (Å²) in [6.07, 6.45) is 4.89. The Hall–Kier alpha value is -1.35. The number of carbonyl (C=O) groups is 1. The number of carbonyl (C=O) groups excluding carboxylic acids is 1. The van der Waals surface area contributed by atoms with Gasteiger partial charge in [0.2, 0.25) is 0 Å². The standard InChI is InChI=1S/C14H17NO2/c16-13-11-8-4-5-9-12(11)14(17)15(13)10-6-2-1-3-7-10/h4-5,8-10,13,16H,1-3,6-7H2/t13-/m0/s1. The molecule has 1 aliphatic carbocycles. The summed E-state index contributed by atoms with van der Waals surface area (Å²) in [6.45, 7) is 0. The van der Waals surface area contributed by atoms with Crippen molar-refractivity contribution in [2.75, 3.05) is 0 Å². The maximum absolute atomic E-state index is 12.3. The van der Waals surface area contributed by atoms with Crippen LogP contribution in [0.4, 0.5) is 0 Å². The van der Waals surface area contributed by atoms with Crippen molar-refractivity contribution in [2.24, 2.45) is 0 Å². The smallest absolute Gasteiger partial charge is 0.256 e. The highest BCUT2D eigenvalue weighted by Gasteiger charge is 2.39. The molecule has 3 heteroatoms. The summed E-state index contributed by atoms with van der Waals surface area (Å²) in [7, 11) is 0. The van der Waals surface area contributed by atoms with Crippen LogP contribution in [-0.2, 0) is 0 Å². The van der Waals surface area contributed by atoms with Crippen LogP contribution >= 0.6 is 0 Å². The fourth-order valence-corrected chi connectivity index (χ4v) is 3.04. The summed E-state index contributed by atoms with van der Waals surface area (Å²) in [5.41, 5.74) is 1.44. The van der Waals surface area contributed by atoms with Crippen molar-refractivity contribution in [3.63, 3.8) is 0 Å². The average molecular weight is 231 g/mol. The predicted octanol–water partition coefficient (Wildman–Crippen LogP) is 2.47. The first-order valence-electron chi connectivity index (χ1n) is 6.38. The number of benzene rings is 1. The third-order valence-corrected chi connectivity index (χ3v) is 3.94. The summed E-state index contributed by atoms with van der Waals surface area (Å²) in [6, 6.07) is 7.61. The summed E-state index contributed by atoms with van der Waals surface area (Å²) in [5.74, 6) is 0.000000000000000222. The molecule has 1 atom stereocenters. The molecule has 2 aliphatic rings. The van der Waals surface area contributed by atoms with Crippen LogP contribution in [-0.4, -0.2) is 22.0 Å². The molecule has 0 spiro atoms. The zero-order chi connectivity index (χ0) is 11.8. The fraction of sp³-hybridized carbons (Fsp3) is 0.500. The van der Waals surface area contributed by atoms with Gasteiger partial charge in [0, 0.05) is 17.2 Å². The highest BCUT2D eigenvalue weighted by molar-refractivity contribution is 5.99. The van der Waals surface area contributed by atoms with E-state index in [1.807, 2.05) is 24.3 Å². The average Bonchev–Trinajstić information content (AvgIpc) is 2.64. The van der Waals surface area contributed by atoms with Crippen molar-refractivity contribution in [1.29, 1.82) is 0 Å². The van der Waals surface area contributed by atoms with E-state index in [0.29, 0.717) is 5.56 Å². The van der Waals surface area contributed by atoms with Crippen LogP contribution in [0.5, 0.6) is 0 Å². The maximum atomic E-state index is 12.3. The second-order valence-electron chi connectivity index (χ2n) is 4.97. The van der Waals surface area contributed by atoms with Crippen molar-refractivity contribution in [2.45, 2.75) is 44.4 Å². The fourth-order valence-electron chi connectivity index (χ4n) is 3.04. The molecule has 3 nitrogen and oxygen atoms in total. The summed E-state index contributed by atoms with van der Waals surface area (Å²) < 4.78 is 0. The molecule has 1 aliphatic heterocycles. The van der Waals surface area contributed by atoms with Crippen LogP contribution in [0.25, 0.3) is 0 Å². The molecule has 1 aromatic rings. The summed E-state index contributed by atoms with van der Waals surface area (Å²) >= 11 is 0. The lowest BCUT2D eigenvalue weighted by Gasteiger charge is -2.33. The van der Waals surface area contributed by atoms with Gasteiger partial charge in [-0.05, 0) is 18.9 Å². The minimum atomic E-state index is -0.734. The van der Waals surface area contributed by atoms with Crippen LogP contribution in [0.1, 0.15) is 54.3 Å². The Morgan fingerprint density at radius 3 is 2.53 bits per heavy atom. The Labute approximate surface area is 101 Å². The zero-order valence-electron chi connectivity index (χ0n) is 9.80. The molecule has 1 aromatic carbocycles. The van der Waals surface area contributed by atoms with Crippen molar-refractivity contribution in [3.05, 3.63) is 35.4 Å². The molecule has 1 amide bonds. The molecule has 1 fully saturated rings. The Balaban J connectivity index is 1.91. The van der Waals surface area contributed by atoms with Gasteiger partial charge in [-0.1, -0.05) is 37.5 Å². The molecular formula is C14H17NO2. The van der Waals surface area contributed by atoms with Gasteiger partial charge < -0.3 is 10.0 Å². The summed E-state index contributed by atoms with van der Waals surface area (Å²) in [5, 5.41) is 10.3. The van der Waals surface area contributed by atoms with E-state index in [9.17, 15) is 9.90 Å². The van der Waals surface area contributed by atoms with Gasteiger partial charge >= 0.3 is 0 Å². The number of fused-ring (bicyclic) bond motifs is 1. The topological polar surface area (TPSA) is 40.5 Å². The highest BCUT2D eigenvalue weighted by Crippen LogP contribution is 2.36. The molecule has 3 rings (SSSR count). The monoisotopic (exact) mass is 231 g/mol. The largest absolute Gasteiger partial charge is 0.369 e. The summed E-state index contributed by atoms with van der Waals surface area (Å²) in [4.78, 5) is 14.0. The van der Waals surface area contributed by atoms with E-state index in [1.54, 1.807) is 4.90 Å². The molecule has 17 heavy (non-hydrogen) atoms. The van der Waals surface area contributed by atoms with E-state index in [2.05, 4.69) is 0 Å². The molecule has 0 bridgehead atoms. The van der Waals surface area contributed by atoms with Crippen LogP contribution in [0, 0.1) is 0 Å². The molecule has 90 valence electrons. The third kappa shape index (κ3) is 1.65. The quantitative estimate of drug-likeness (QED) is 0.806. The number of rotatable bonds is 1. The first-order chi connectivity index (χ1) is 8.29. The minimum Gasteiger partial charge on any atom is -0.369 e. The van der Waals surface area contributed by atoms with Gasteiger partial charge in [0.1, 0.15) is 0 Å². The SMILES string of the molecule is O=C1c2ccccc2[C@H](O)N1C1CCCCC1. The molecule has 1 N–H and O–H groups in total. The van der Waals surface area contributed by atoms with Gasteiger partial charge in [-0.15, -0.1) is 0 Å². The third-order valence-electron chi connectivity index (χ3n) is 3.94. The lowest BCUT2D eigenvalue weighted by molar-refractivity contribution is -0.0107. The van der Waals surface area contributed by atoms with E-state index >= 15 is 0 Å². The molecule has 1 saturated carbocycles. The molecular weight excluding hydrogens is 214 g/mol. The number of aliphatic hydroxyl groups is 1. The van der Waals surface area contributed by atoms with Crippen molar-refractivity contribution in [1.82, 2.24) is 4.90 Å². The van der Waals surface area contributed by atoms with Gasteiger partial charge in [-0.25, -0.2) is 0 Å². The van der Waals surface area contributed by atoms with Crippen LogP contribution in [0.2, 0.25) is 0 Å². The van der Waals surface area contributed by atoms with E-state index < -0.39 is 6.23 Å². The Kier molecular flexibility index (Phi) is 2.63. The van der Waals surface area contributed by atoms with E-state index in [0.717, 1.165) is 31.2 Å². The lowest BCUT2D eigenvalue weighted by Crippen LogP contribution is -2.39. The number of hydrogen-bond acceptors (Lipinski definition) is 2.